The van der Waals surface area contributed by atoms with Crippen LogP contribution < -0.4 is 16.4 Å². The number of alkyl halides is 1. The number of hydrogen-bond acceptors (Lipinski definition) is 4. The minimum atomic E-state index is -1.37. The zero-order valence-corrected chi connectivity index (χ0v) is 13.2. The molecule has 1 aromatic carbocycles. The van der Waals surface area contributed by atoms with Gasteiger partial charge in [0.15, 0.2) is 0 Å². The van der Waals surface area contributed by atoms with Crippen LogP contribution in [0.2, 0.25) is 0 Å². The quantitative estimate of drug-likeness (QED) is 0.784. The van der Waals surface area contributed by atoms with E-state index in [1.54, 1.807) is 6.07 Å². The van der Waals surface area contributed by atoms with Crippen molar-refractivity contribution in [2.75, 3.05) is 13.2 Å². The number of ether oxygens (including phenoxy) is 1. The molecule has 7 heteroatoms. The molecule has 0 radical (unpaired) electrons. The van der Waals surface area contributed by atoms with Crippen molar-refractivity contribution in [1.29, 1.82) is 0 Å². The van der Waals surface area contributed by atoms with Gasteiger partial charge in [0.05, 0.1) is 11.6 Å². The minimum absolute atomic E-state index is 0.0190. The molecular formula is C17H21F2N3O2. The lowest BCUT2D eigenvalue weighted by molar-refractivity contribution is -0.119. The van der Waals surface area contributed by atoms with Gasteiger partial charge in [-0.15, -0.1) is 0 Å². The van der Waals surface area contributed by atoms with Crippen LogP contribution in [0.25, 0.3) is 0 Å². The average molecular weight is 337 g/mol. The van der Waals surface area contributed by atoms with E-state index in [-0.39, 0.29) is 29.8 Å². The van der Waals surface area contributed by atoms with E-state index in [1.165, 1.54) is 18.2 Å². The van der Waals surface area contributed by atoms with Crippen LogP contribution in [0.4, 0.5) is 8.78 Å². The Morgan fingerprint density at radius 2 is 2.08 bits per heavy atom. The van der Waals surface area contributed by atoms with E-state index in [1.807, 2.05) is 0 Å². The number of halogens is 2. The minimum Gasteiger partial charge on any atom is -0.385 e. The summed E-state index contributed by atoms with van der Waals surface area (Å²) in [5.41, 5.74) is 6.61. The second kappa shape index (κ2) is 7.17. The molecule has 2 atom stereocenters. The summed E-state index contributed by atoms with van der Waals surface area (Å²) in [5.74, 6) is -0.651. The number of carbonyl (C=O) groups excluding carboxylic acids is 1. The monoisotopic (exact) mass is 337 g/mol. The van der Waals surface area contributed by atoms with Gasteiger partial charge in [0.2, 0.25) is 0 Å². The molecule has 2 heterocycles. The Morgan fingerprint density at radius 1 is 1.33 bits per heavy atom. The fourth-order valence-electron chi connectivity index (χ4n) is 3.09. The molecule has 1 fully saturated rings. The maximum absolute atomic E-state index is 14.6. The van der Waals surface area contributed by atoms with Crippen molar-refractivity contribution in [3.8, 4) is 0 Å². The zero-order chi connectivity index (χ0) is 17.1. The summed E-state index contributed by atoms with van der Waals surface area (Å²) in [6.45, 7) is 1.20. The van der Waals surface area contributed by atoms with Crippen LogP contribution >= 0.6 is 0 Å². The summed E-state index contributed by atoms with van der Waals surface area (Å²) in [6.07, 6.45) is -0.00137. The molecule has 2 aliphatic heterocycles. The fourth-order valence-corrected chi connectivity index (χ4v) is 3.09. The van der Waals surface area contributed by atoms with Crippen molar-refractivity contribution in [2.24, 2.45) is 5.73 Å². The summed E-state index contributed by atoms with van der Waals surface area (Å²) in [7, 11) is 0. The molecule has 0 spiro atoms. The predicted octanol–water partition coefficient (Wildman–Crippen LogP) is 1.66. The lowest BCUT2D eigenvalue weighted by Crippen LogP contribution is -2.45. The first-order chi connectivity index (χ1) is 11.5. The topological polar surface area (TPSA) is 76.4 Å². The predicted molar refractivity (Wildman–Crippen MR) is 85.0 cm³/mol. The Morgan fingerprint density at radius 3 is 2.79 bits per heavy atom. The van der Waals surface area contributed by atoms with Gasteiger partial charge in [-0.1, -0.05) is 12.1 Å². The van der Waals surface area contributed by atoms with Crippen molar-refractivity contribution in [3.63, 3.8) is 0 Å². The van der Waals surface area contributed by atoms with E-state index in [0.717, 1.165) is 12.8 Å². The largest absolute Gasteiger partial charge is 0.385 e. The highest BCUT2D eigenvalue weighted by molar-refractivity contribution is 5.94. The van der Waals surface area contributed by atoms with Gasteiger partial charge in [-0.25, -0.2) is 8.78 Å². The number of nitrogens with two attached hydrogens (primary N) is 1. The molecule has 1 aromatic rings. The Hall–Kier alpha value is -2.15. The molecule has 24 heavy (non-hydrogen) atoms. The molecule has 4 N–H and O–H groups in total. The van der Waals surface area contributed by atoms with E-state index in [0.29, 0.717) is 18.8 Å². The van der Waals surface area contributed by atoms with Crippen LogP contribution in [0.15, 0.2) is 35.7 Å². The van der Waals surface area contributed by atoms with Gasteiger partial charge in [-0.2, -0.15) is 0 Å². The van der Waals surface area contributed by atoms with Gasteiger partial charge in [-0.05, 0) is 30.5 Å². The van der Waals surface area contributed by atoms with E-state index in [4.69, 9.17) is 10.5 Å². The highest BCUT2D eigenvalue weighted by Crippen LogP contribution is 2.30. The normalized spacial score (nSPS) is 25.2. The van der Waals surface area contributed by atoms with Gasteiger partial charge < -0.3 is 21.1 Å². The SMILES string of the molecule is NC1=C(C(=O)NC2CCOCC2)C[C@@H](F)[C@@H](c2cccc(F)c2)N1. The Kier molecular flexibility index (Phi) is 4.99. The summed E-state index contributed by atoms with van der Waals surface area (Å²) >= 11 is 0. The number of nitrogens with one attached hydrogen (secondary N) is 2. The van der Waals surface area contributed by atoms with E-state index < -0.39 is 18.0 Å². The van der Waals surface area contributed by atoms with E-state index in [9.17, 15) is 13.6 Å². The van der Waals surface area contributed by atoms with Crippen LogP contribution in [-0.2, 0) is 9.53 Å². The highest BCUT2D eigenvalue weighted by atomic mass is 19.1. The molecule has 130 valence electrons. The summed E-state index contributed by atoms with van der Waals surface area (Å²) in [6, 6.07) is 4.97. The fraction of sp³-hybridized carbons (Fsp3) is 0.471. The summed E-state index contributed by atoms with van der Waals surface area (Å²) < 4.78 is 33.1. The first kappa shape index (κ1) is 16.7. The molecule has 3 rings (SSSR count). The Bertz CT molecular complexity index is 644. The lowest BCUT2D eigenvalue weighted by atomic mass is 9.92. The lowest BCUT2D eigenvalue weighted by Gasteiger charge is -2.31. The first-order valence-electron chi connectivity index (χ1n) is 8.08. The van der Waals surface area contributed by atoms with Crippen molar-refractivity contribution >= 4 is 5.91 Å². The number of amides is 1. The average Bonchev–Trinajstić information content (AvgIpc) is 2.57. The second-order valence-corrected chi connectivity index (χ2v) is 6.15. The standard InChI is InChI=1S/C17H21F2N3O2/c18-11-3-1-2-10(8-11)15-14(19)9-13(16(20)22-15)17(23)21-12-4-6-24-7-5-12/h1-3,8,12,14-15,22H,4-7,9,20H2,(H,21,23)/t14-,15-/m1/s1. The molecule has 0 saturated carbocycles. The Balaban J connectivity index is 1.71. The maximum atomic E-state index is 14.6. The maximum Gasteiger partial charge on any atom is 0.251 e. The second-order valence-electron chi connectivity index (χ2n) is 6.15. The molecule has 0 bridgehead atoms. The molecule has 0 aromatic heterocycles. The zero-order valence-electron chi connectivity index (χ0n) is 13.2. The van der Waals surface area contributed by atoms with Gasteiger partial charge in [0.1, 0.15) is 17.8 Å². The number of hydrogen-bond donors (Lipinski definition) is 3. The summed E-state index contributed by atoms with van der Waals surface area (Å²) in [4.78, 5) is 12.4. The molecule has 5 nitrogen and oxygen atoms in total. The molecule has 2 aliphatic rings. The van der Waals surface area contributed by atoms with Gasteiger partial charge >= 0.3 is 0 Å². The third kappa shape index (κ3) is 3.67. The molecule has 0 aliphatic carbocycles. The van der Waals surface area contributed by atoms with Crippen LogP contribution in [0.3, 0.4) is 0 Å². The van der Waals surface area contributed by atoms with E-state index >= 15 is 0 Å². The first-order valence-corrected chi connectivity index (χ1v) is 8.08. The molecule has 1 saturated heterocycles. The molecule has 0 unspecified atom stereocenters. The van der Waals surface area contributed by atoms with Crippen LogP contribution in [0.1, 0.15) is 30.9 Å². The van der Waals surface area contributed by atoms with Crippen LogP contribution in [0.5, 0.6) is 0 Å². The van der Waals surface area contributed by atoms with Crippen LogP contribution in [0, 0.1) is 5.82 Å². The van der Waals surface area contributed by atoms with E-state index in [2.05, 4.69) is 10.6 Å². The summed E-state index contributed by atoms with van der Waals surface area (Å²) in [5, 5.41) is 5.69. The third-order valence-corrected chi connectivity index (χ3v) is 4.44. The molecular weight excluding hydrogens is 316 g/mol. The Labute approximate surface area is 139 Å². The van der Waals surface area contributed by atoms with Gasteiger partial charge in [0, 0.05) is 25.7 Å². The number of carbonyl (C=O) groups is 1. The number of rotatable bonds is 3. The van der Waals surface area contributed by atoms with Crippen molar-refractivity contribution < 1.29 is 18.3 Å². The smallest absolute Gasteiger partial charge is 0.251 e. The van der Waals surface area contributed by atoms with Crippen molar-refractivity contribution in [2.45, 2.75) is 37.5 Å². The van der Waals surface area contributed by atoms with Gasteiger partial charge in [-0.3, -0.25) is 4.79 Å². The third-order valence-electron chi connectivity index (χ3n) is 4.44. The molecule has 1 amide bonds. The highest BCUT2D eigenvalue weighted by Gasteiger charge is 2.33. The van der Waals surface area contributed by atoms with Crippen LogP contribution in [-0.4, -0.2) is 31.3 Å². The van der Waals surface area contributed by atoms with Crippen molar-refractivity contribution in [3.05, 3.63) is 47.0 Å². The van der Waals surface area contributed by atoms with Crippen molar-refractivity contribution in [1.82, 2.24) is 10.6 Å². The number of benzene rings is 1. The van der Waals surface area contributed by atoms with Gasteiger partial charge in [0.25, 0.3) is 5.91 Å².